The van der Waals surface area contributed by atoms with E-state index >= 15 is 0 Å². The molecule has 0 radical (unpaired) electrons. The maximum absolute atomic E-state index is 13.4. The van der Waals surface area contributed by atoms with Gasteiger partial charge in [0, 0.05) is 12.6 Å². The number of nitrogens with one attached hydrogen (secondary N) is 2. The standard InChI is InChI=1S/C11H15FN2O2S/c12-10-5-1-2-6-11(10)17(15,16)14-8-9-4-3-7-13-9/h1-2,5-6,9,13-14H,3-4,7-8H2. The van der Waals surface area contributed by atoms with Crippen LogP contribution < -0.4 is 10.0 Å². The molecule has 0 bridgehead atoms. The van der Waals surface area contributed by atoms with E-state index in [0.717, 1.165) is 25.5 Å². The second kappa shape index (κ2) is 5.12. The normalized spacial score (nSPS) is 20.6. The van der Waals surface area contributed by atoms with Crippen LogP contribution >= 0.6 is 0 Å². The van der Waals surface area contributed by atoms with Crippen molar-refractivity contribution in [1.82, 2.24) is 10.0 Å². The molecule has 1 aliphatic rings. The van der Waals surface area contributed by atoms with Crippen molar-refractivity contribution in [3.05, 3.63) is 30.1 Å². The molecule has 0 amide bonds. The molecule has 1 heterocycles. The van der Waals surface area contributed by atoms with Gasteiger partial charge in [-0.3, -0.25) is 0 Å². The van der Waals surface area contributed by atoms with E-state index in [0.29, 0.717) is 6.54 Å². The lowest BCUT2D eigenvalue weighted by Gasteiger charge is -2.12. The summed E-state index contributed by atoms with van der Waals surface area (Å²) in [6, 6.07) is 5.53. The molecule has 17 heavy (non-hydrogen) atoms. The van der Waals surface area contributed by atoms with Gasteiger partial charge in [0.1, 0.15) is 10.7 Å². The van der Waals surface area contributed by atoms with Gasteiger partial charge in [-0.2, -0.15) is 0 Å². The van der Waals surface area contributed by atoms with Crippen molar-refractivity contribution >= 4 is 10.0 Å². The molecular formula is C11H15FN2O2S. The Morgan fingerprint density at radius 2 is 2.18 bits per heavy atom. The van der Waals surface area contributed by atoms with Crippen LogP contribution in [0.25, 0.3) is 0 Å². The first kappa shape index (κ1) is 12.5. The van der Waals surface area contributed by atoms with E-state index in [1.807, 2.05) is 0 Å². The number of sulfonamides is 1. The van der Waals surface area contributed by atoms with Crippen molar-refractivity contribution in [1.29, 1.82) is 0 Å². The fourth-order valence-electron chi connectivity index (χ4n) is 1.88. The molecule has 2 rings (SSSR count). The van der Waals surface area contributed by atoms with Crippen molar-refractivity contribution in [2.75, 3.05) is 13.1 Å². The average molecular weight is 258 g/mol. The predicted octanol–water partition coefficient (Wildman–Crippen LogP) is 0.856. The van der Waals surface area contributed by atoms with Gasteiger partial charge in [0.25, 0.3) is 0 Å². The van der Waals surface area contributed by atoms with Crippen LogP contribution in [-0.4, -0.2) is 27.5 Å². The molecule has 6 heteroatoms. The molecule has 0 saturated carbocycles. The third kappa shape index (κ3) is 3.02. The number of halogens is 1. The van der Waals surface area contributed by atoms with Crippen LogP contribution in [0.4, 0.5) is 4.39 Å². The summed E-state index contributed by atoms with van der Waals surface area (Å²) in [4.78, 5) is -0.294. The van der Waals surface area contributed by atoms with Crippen LogP contribution in [0, 0.1) is 5.82 Å². The van der Waals surface area contributed by atoms with E-state index in [4.69, 9.17) is 0 Å². The van der Waals surface area contributed by atoms with E-state index in [-0.39, 0.29) is 10.9 Å². The van der Waals surface area contributed by atoms with Crippen LogP contribution in [0.15, 0.2) is 29.2 Å². The molecular weight excluding hydrogens is 243 g/mol. The predicted molar refractivity (Wildman–Crippen MR) is 62.6 cm³/mol. The zero-order valence-electron chi connectivity index (χ0n) is 9.32. The molecule has 2 N–H and O–H groups in total. The molecule has 1 unspecified atom stereocenters. The molecule has 1 aliphatic heterocycles. The lowest BCUT2D eigenvalue weighted by atomic mass is 10.2. The lowest BCUT2D eigenvalue weighted by Crippen LogP contribution is -2.37. The summed E-state index contributed by atoms with van der Waals surface area (Å²) >= 11 is 0. The van der Waals surface area contributed by atoms with Crippen LogP contribution in [0.3, 0.4) is 0 Å². The van der Waals surface area contributed by atoms with Gasteiger partial charge < -0.3 is 5.32 Å². The van der Waals surface area contributed by atoms with E-state index in [9.17, 15) is 12.8 Å². The van der Waals surface area contributed by atoms with Gasteiger partial charge in [0.05, 0.1) is 0 Å². The summed E-state index contributed by atoms with van der Waals surface area (Å²) in [5, 5.41) is 3.17. The van der Waals surface area contributed by atoms with Gasteiger partial charge in [0.2, 0.25) is 10.0 Å². The Bertz CT molecular complexity index is 484. The molecule has 1 fully saturated rings. The lowest BCUT2D eigenvalue weighted by molar-refractivity contribution is 0.539. The fourth-order valence-corrected chi connectivity index (χ4v) is 3.04. The van der Waals surface area contributed by atoms with Gasteiger partial charge in [-0.15, -0.1) is 0 Å². The summed E-state index contributed by atoms with van der Waals surface area (Å²) in [7, 11) is -3.74. The smallest absolute Gasteiger partial charge is 0.243 e. The molecule has 0 aliphatic carbocycles. The maximum atomic E-state index is 13.4. The van der Waals surface area contributed by atoms with Crippen LogP contribution in [0.5, 0.6) is 0 Å². The highest BCUT2D eigenvalue weighted by Gasteiger charge is 2.21. The topological polar surface area (TPSA) is 58.2 Å². The average Bonchev–Trinajstić information content (AvgIpc) is 2.80. The Morgan fingerprint density at radius 1 is 1.41 bits per heavy atom. The summed E-state index contributed by atoms with van der Waals surface area (Å²) in [5.74, 6) is -0.723. The van der Waals surface area contributed by atoms with Gasteiger partial charge >= 0.3 is 0 Å². The first-order valence-electron chi connectivity index (χ1n) is 5.57. The zero-order chi connectivity index (χ0) is 12.3. The van der Waals surface area contributed by atoms with E-state index in [1.54, 1.807) is 0 Å². The van der Waals surface area contributed by atoms with E-state index in [2.05, 4.69) is 10.0 Å². The van der Waals surface area contributed by atoms with Crippen molar-refractivity contribution < 1.29 is 12.8 Å². The number of hydrogen-bond acceptors (Lipinski definition) is 3. The van der Waals surface area contributed by atoms with Gasteiger partial charge in [-0.25, -0.2) is 17.5 Å². The largest absolute Gasteiger partial charge is 0.313 e. The number of rotatable bonds is 4. The molecule has 4 nitrogen and oxygen atoms in total. The molecule has 0 spiro atoms. The van der Waals surface area contributed by atoms with Crippen LogP contribution in [-0.2, 0) is 10.0 Å². The zero-order valence-corrected chi connectivity index (χ0v) is 10.1. The van der Waals surface area contributed by atoms with Gasteiger partial charge in [-0.05, 0) is 31.5 Å². The van der Waals surface area contributed by atoms with E-state index < -0.39 is 15.8 Å². The molecule has 1 atom stereocenters. The van der Waals surface area contributed by atoms with Crippen molar-refractivity contribution in [3.63, 3.8) is 0 Å². The van der Waals surface area contributed by atoms with Crippen LogP contribution in [0.2, 0.25) is 0 Å². The quantitative estimate of drug-likeness (QED) is 0.842. The first-order chi connectivity index (χ1) is 8.09. The molecule has 0 aromatic heterocycles. The second-order valence-electron chi connectivity index (χ2n) is 4.08. The highest BCUT2D eigenvalue weighted by Crippen LogP contribution is 2.13. The maximum Gasteiger partial charge on any atom is 0.243 e. The Kier molecular flexibility index (Phi) is 3.76. The summed E-state index contributed by atoms with van der Waals surface area (Å²) in [5.41, 5.74) is 0. The van der Waals surface area contributed by atoms with Gasteiger partial charge in [0.15, 0.2) is 0 Å². The Balaban J connectivity index is 2.06. The minimum atomic E-state index is -3.74. The SMILES string of the molecule is O=S(=O)(NCC1CCCN1)c1ccccc1F. The molecule has 1 aromatic rings. The van der Waals surface area contributed by atoms with Crippen molar-refractivity contribution in [2.45, 2.75) is 23.8 Å². The Labute approximate surface area is 100 Å². The summed E-state index contributed by atoms with van der Waals surface area (Å²) in [6.45, 7) is 1.21. The van der Waals surface area contributed by atoms with Crippen molar-refractivity contribution in [2.24, 2.45) is 0 Å². The second-order valence-corrected chi connectivity index (χ2v) is 5.81. The third-order valence-corrected chi connectivity index (χ3v) is 4.27. The number of hydrogen-bond donors (Lipinski definition) is 2. The monoisotopic (exact) mass is 258 g/mol. The highest BCUT2D eigenvalue weighted by atomic mass is 32.2. The Morgan fingerprint density at radius 3 is 2.82 bits per heavy atom. The highest BCUT2D eigenvalue weighted by molar-refractivity contribution is 7.89. The van der Waals surface area contributed by atoms with Crippen molar-refractivity contribution in [3.8, 4) is 0 Å². The molecule has 1 aromatic carbocycles. The summed E-state index contributed by atoms with van der Waals surface area (Å²) < 4.78 is 39.4. The Hall–Kier alpha value is -0.980. The summed E-state index contributed by atoms with van der Waals surface area (Å²) in [6.07, 6.45) is 1.99. The molecule has 1 saturated heterocycles. The minimum Gasteiger partial charge on any atom is -0.313 e. The first-order valence-corrected chi connectivity index (χ1v) is 7.05. The minimum absolute atomic E-state index is 0.150. The van der Waals surface area contributed by atoms with E-state index in [1.165, 1.54) is 18.2 Å². The van der Waals surface area contributed by atoms with Gasteiger partial charge in [-0.1, -0.05) is 12.1 Å². The van der Waals surface area contributed by atoms with Crippen LogP contribution in [0.1, 0.15) is 12.8 Å². The third-order valence-electron chi connectivity index (χ3n) is 2.81. The number of benzene rings is 1. The molecule has 94 valence electrons. The fraction of sp³-hybridized carbons (Fsp3) is 0.455.